The van der Waals surface area contributed by atoms with E-state index in [0.29, 0.717) is 5.70 Å². The molecule has 0 unspecified atom stereocenters. The molecule has 0 atom stereocenters. The first kappa shape index (κ1) is 21.1. The zero-order chi connectivity index (χ0) is 21.3. The molecule has 0 fully saturated rings. The van der Waals surface area contributed by atoms with Gasteiger partial charge in [0.05, 0.1) is 0 Å². The summed E-state index contributed by atoms with van der Waals surface area (Å²) in [5, 5.41) is 33.3. The molecule has 12 heteroatoms. The van der Waals surface area contributed by atoms with Crippen molar-refractivity contribution in [2.24, 2.45) is 5.92 Å². The Balaban J connectivity index is 2.65. The van der Waals surface area contributed by atoms with Gasteiger partial charge in [0.1, 0.15) is 11.6 Å². The van der Waals surface area contributed by atoms with Crippen LogP contribution < -0.4 is 5.32 Å². The fourth-order valence-electron chi connectivity index (χ4n) is 2.21. The minimum Gasteiger partial charge on any atom is -0.612 e. The van der Waals surface area contributed by atoms with E-state index in [1.807, 2.05) is 0 Å². The van der Waals surface area contributed by atoms with Crippen LogP contribution in [0.1, 0.15) is 13.8 Å². The highest BCUT2D eigenvalue weighted by Crippen LogP contribution is 2.33. The minimum atomic E-state index is -6.01. The molecule has 2 aliphatic rings. The Bertz CT molecular complexity index is 1000. The lowest BCUT2D eigenvalue weighted by atomic mass is 9.92. The van der Waals surface area contributed by atoms with Crippen LogP contribution >= 0.6 is 0 Å². The third-order valence-corrected chi connectivity index (χ3v) is 4.61. The molecule has 0 amide bonds. The molecule has 150 valence electrons. The first-order valence-electron chi connectivity index (χ1n) is 7.63. The average molecular weight is 416 g/mol. The van der Waals surface area contributed by atoms with E-state index in [2.05, 4.69) is 9.50 Å². The Hall–Kier alpha value is -3.20. The molecule has 2 rings (SSSR count). The Morgan fingerprint density at radius 2 is 1.79 bits per heavy atom. The van der Waals surface area contributed by atoms with Crippen molar-refractivity contribution < 1.29 is 30.7 Å². The summed E-state index contributed by atoms with van der Waals surface area (Å²) in [6.45, 7) is 3.36. The Labute approximate surface area is 158 Å². The third kappa shape index (κ3) is 4.20. The molecular weight excluding hydrogens is 403 g/mol. The lowest BCUT2D eigenvalue weighted by molar-refractivity contribution is -0.377. The van der Waals surface area contributed by atoms with Gasteiger partial charge in [0, 0.05) is 23.4 Å². The molecule has 0 aromatic heterocycles. The van der Waals surface area contributed by atoms with Crippen molar-refractivity contribution in [3.8, 4) is 6.07 Å². The highest BCUT2D eigenvalue weighted by molar-refractivity contribution is 7.87. The maximum atomic E-state index is 12.7. The second-order valence-corrected chi connectivity index (χ2v) is 7.43. The van der Waals surface area contributed by atoms with E-state index < -0.39 is 32.0 Å². The quantitative estimate of drug-likeness (QED) is 0.324. The van der Waals surface area contributed by atoms with Gasteiger partial charge in [-0.2, -0.15) is 31.8 Å². The number of hydrogen-bond acceptors (Lipinski definition) is 7. The van der Waals surface area contributed by atoms with Crippen molar-refractivity contribution in [2.45, 2.75) is 19.4 Å². The van der Waals surface area contributed by atoms with E-state index in [1.54, 1.807) is 19.9 Å². The smallest absolute Gasteiger partial charge is 0.534 e. The predicted octanol–water partition coefficient (Wildman–Crippen LogP) is 2.60. The maximum Gasteiger partial charge on any atom is 0.534 e. The van der Waals surface area contributed by atoms with Gasteiger partial charge in [-0.05, 0) is 29.7 Å². The van der Waals surface area contributed by atoms with Gasteiger partial charge >= 0.3 is 15.6 Å². The van der Waals surface area contributed by atoms with Crippen molar-refractivity contribution in [3.63, 3.8) is 0 Å². The molecule has 0 aromatic carbocycles. The number of nitriles is 1. The van der Waals surface area contributed by atoms with Crippen molar-refractivity contribution in [1.29, 1.82) is 5.26 Å². The van der Waals surface area contributed by atoms with Gasteiger partial charge in [0.15, 0.2) is 0 Å². The zero-order valence-corrected chi connectivity index (χ0v) is 15.3. The third-order valence-electron chi connectivity index (χ3n) is 3.65. The van der Waals surface area contributed by atoms with Gasteiger partial charge in [-0.15, -0.1) is 0 Å². The fraction of sp³-hybridized carbons (Fsp3) is 0.250. The van der Waals surface area contributed by atoms with Crippen LogP contribution in [-0.2, 0) is 14.3 Å². The van der Waals surface area contributed by atoms with Crippen LogP contribution in [0.15, 0.2) is 58.7 Å². The molecule has 0 saturated carbocycles. The van der Waals surface area contributed by atoms with E-state index in [4.69, 9.17) is 0 Å². The molecule has 8 nitrogen and oxygen atoms in total. The fourth-order valence-corrected chi connectivity index (χ4v) is 2.65. The number of alkyl halides is 3. The summed E-state index contributed by atoms with van der Waals surface area (Å²) in [6.07, 6.45) is 6.32. The summed E-state index contributed by atoms with van der Waals surface area (Å²) in [5.74, 6) is -1.18. The number of allylic oxidation sites excluding steroid dienone is 9. The van der Waals surface area contributed by atoms with Crippen LogP contribution in [0.2, 0.25) is 0 Å². The van der Waals surface area contributed by atoms with Crippen LogP contribution in [0.3, 0.4) is 0 Å². The predicted molar refractivity (Wildman–Crippen MR) is 92.1 cm³/mol. The maximum absolute atomic E-state index is 12.7. The van der Waals surface area contributed by atoms with Crippen molar-refractivity contribution in [2.75, 3.05) is 0 Å². The molecular formula is C16H13F3N3O5S-. The lowest BCUT2D eigenvalue weighted by Crippen LogP contribution is -2.32. The Morgan fingerprint density at radius 3 is 2.21 bits per heavy atom. The number of rotatable bonds is 3. The van der Waals surface area contributed by atoms with E-state index in [1.165, 1.54) is 18.2 Å². The molecule has 0 spiro atoms. The summed E-state index contributed by atoms with van der Waals surface area (Å²) in [6, 6.07) is 1.62. The Morgan fingerprint density at radius 1 is 1.21 bits per heavy atom. The molecule has 0 saturated heterocycles. The molecule has 0 aromatic rings. The van der Waals surface area contributed by atoms with Gasteiger partial charge in [0.25, 0.3) is 0 Å². The SMILES string of the molecule is CC(C)C1=CC(=C2C=CC(=[N+]([O-])[O-])C=C2)C(C#N)=C(OS(=O)(=O)C(F)(F)F)N1. The van der Waals surface area contributed by atoms with Gasteiger partial charge < -0.3 is 19.9 Å². The Kier molecular flexibility index (Phi) is 5.60. The van der Waals surface area contributed by atoms with Gasteiger partial charge in [-0.25, -0.2) is 0 Å². The van der Waals surface area contributed by atoms with E-state index in [-0.39, 0.29) is 22.8 Å². The van der Waals surface area contributed by atoms with Gasteiger partial charge in [-0.1, -0.05) is 13.8 Å². The van der Waals surface area contributed by atoms with E-state index >= 15 is 0 Å². The normalized spacial score (nSPS) is 17.5. The minimum absolute atomic E-state index is 0.0622. The summed E-state index contributed by atoms with van der Waals surface area (Å²) >= 11 is 0. The van der Waals surface area contributed by atoms with E-state index in [0.717, 1.165) is 12.2 Å². The average Bonchev–Trinajstić information content (AvgIpc) is 2.59. The monoisotopic (exact) mass is 416 g/mol. The molecule has 1 aliphatic carbocycles. The van der Waals surface area contributed by atoms with Crippen LogP contribution in [0.25, 0.3) is 0 Å². The van der Waals surface area contributed by atoms with Crippen LogP contribution in [0.5, 0.6) is 0 Å². The molecule has 1 N–H and O–H groups in total. The summed E-state index contributed by atoms with van der Waals surface area (Å²) in [5.41, 5.74) is -5.80. The number of nitrogens with one attached hydrogen (secondary N) is 1. The number of nitrogens with zero attached hydrogens (tertiary/aromatic N) is 2. The number of dihydropyridines is 1. The first-order chi connectivity index (χ1) is 12.9. The number of halogens is 3. The summed E-state index contributed by atoms with van der Waals surface area (Å²) in [7, 11) is -6.01. The van der Waals surface area contributed by atoms with Crippen molar-refractivity contribution >= 4 is 15.8 Å². The van der Waals surface area contributed by atoms with Crippen LogP contribution in [0.4, 0.5) is 13.2 Å². The van der Waals surface area contributed by atoms with Crippen molar-refractivity contribution in [1.82, 2.24) is 5.32 Å². The molecule has 1 aliphatic heterocycles. The zero-order valence-electron chi connectivity index (χ0n) is 14.4. The van der Waals surface area contributed by atoms with Crippen LogP contribution in [-0.4, -0.2) is 24.5 Å². The molecule has 0 radical (unpaired) electrons. The largest absolute Gasteiger partial charge is 0.612 e. The first-order valence-corrected chi connectivity index (χ1v) is 9.04. The van der Waals surface area contributed by atoms with Crippen molar-refractivity contribution in [3.05, 3.63) is 69.1 Å². The van der Waals surface area contributed by atoms with Crippen LogP contribution in [0, 0.1) is 27.7 Å². The number of hydrogen-bond donors (Lipinski definition) is 1. The van der Waals surface area contributed by atoms with Gasteiger partial charge in [0.2, 0.25) is 11.6 Å². The second kappa shape index (κ2) is 7.43. The highest BCUT2D eigenvalue weighted by Gasteiger charge is 2.49. The lowest BCUT2D eigenvalue weighted by Gasteiger charge is -2.24. The molecule has 1 heterocycles. The highest BCUT2D eigenvalue weighted by atomic mass is 32.2. The standard InChI is InChI=1S/C16H13F3N3O5S/c1-9(2)14-7-12(10-3-5-11(6-4-10)22(23)24)13(8-20)15(21-14)27-28(25,26)16(17,18)19/h3-7,9,21H,1-2H3/q-1. The second-order valence-electron chi connectivity index (χ2n) is 5.90. The molecule has 0 bridgehead atoms. The van der Waals surface area contributed by atoms with Gasteiger partial charge in [-0.3, -0.25) is 0 Å². The molecule has 28 heavy (non-hydrogen) atoms. The topological polar surface area (TPSA) is 128 Å². The summed E-state index contributed by atoms with van der Waals surface area (Å²) in [4.78, 5) is -0.641. The summed E-state index contributed by atoms with van der Waals surface area (Å²) < 4.78 is 65.0. The van der Waals surface area contributed by atoms with E-state index in [9.17, 15) is 37.3 Å².